The molecule has 0 atom stereocenters. The first kappa shape index (κ1) is 29.8. The maximum absolute atomic E-state index is 10.1. The standard InChI is InChI=1S/C60H42N2O/c1-4-15-43(16-5-1)46-29-35-51(36-30-46)61(52-37-31-47(32-38-52)44-17-6-2-7-18-44)54-23-12-21-49(41-54)50-22-13-24-55(42-50)62(53-39-33-48(34-40-53)45-19-8-3-9-20-45)58-27-14-26-57-56-25-10-11-28-59(56)63-60(57)58/h1-42H/i12D,13D,21D,22D,23D,24D,41D,42D. The van der Waals surface area contributed by atoms with Gasteiger partial charge in [0.05, 0.1) is 16.7 Å². The molecule has 0 bridgehead atoms. The van der Waals surface area contributed by atoms with E-state index in [9.17, 15) is 11.0 Å². The molecule has 0 unspecified atom stereocenters. The third-order valence-electron chi connectivity index (χ3n) is 11.2. The summed E-state index contributed by atoms with van der Waals surface area (Å²) >= 11 is 0. The molecule has 0 saturated carbocycles. The van der Waals surface area contributed by atoms with Gasteiger partial charge in [-0.3, -0.25) is 0 Å². The van der Waals surface area contributed by atoms with Crippen molar-refractivity contribution in [2.24, 2.45) is 0 Å². The van der Waals surface area contributed by atoms with Crippen LogP contribution in [0.25, 0.3) is 66.4 Å². The van der Waals surface area contributed by atoms with E-state index in [4.69, 9.17) is 4.42 Å². The molecule has 0 fully saturated rings. The molecular formula is C60H42N2O. The zero-order chi connectivity index (χ0) is 48.9. The Morgan fingerprint density at radius 2 is 0.698 bits per heavy atom. The Kier molecular flexibility index (Phi) is 7.83. The van der Waals surface area contributed by atoms with Crippen LogP contribution in [0.3, 0.4) is 0 Å². The predicted octanol–water partition coefficient (Wildman–Crippen LogP) is 17.2. The summed E-state index contributed by atoms with van der Waals surface area (Å²) in [6.07, 6.45) is 0. The quantitative estimate of drug-likeness (QED) is 0.137. The average molecular weight is 815 g/mol. The summed E-state index contributed by atoms with van der Waals surface area (Å²) < 4.78 is 83.5. The van der Waals surface area contributed by atoms with Crippen molar-refractivity contribution in [3.63, 3.8) is 0 Å². The molecule has 10 aromatic carbocycles. The summed E-state index contributed by atoms with van der Waals surface area (Å²) in [5.74, 6) is 0. The lowest BCUT2D eigenvalue weighted by atomic mass is 10.0. The van der Waals surface area contributed by atoms with Gasteiger partial charge in [-0.05, 0) is 117 Å². The highest BCUT2D eigenvalue weighted by atomic mass is 16.3. The predicted molar refractivity (Wildman–Crippen MR) is 265 cm³/mol. The van der Waals surface area contributed by atoms with Crippen molar-refractivity contribution in [1.82, 2.24) is 0 Å². The fourth-order valence-electron chi connectivity index (χ4n) is 8.15. The average Bonchev–Trinajstić information content (AvgIpc) is 3.81. The summed E-state index contributed by atoms with van der Waals surface area (Å²) in [7, 11) is 0. The number of rotatable bonds is 10. The number of nitrogens with zero attached hydrogens (tertiary/aromatic N) is 2. The van der Waals surface area contributed by atoms with Crippen molar-refractivity contribution in [3.05, 3.63) is 255 Å². The molecular weight excluding hydrogens is 765 g/mol. The maximum atomic E-state index is 10.1. The van der Waals surface area contributed by atoms with Crippen LogP contribution in [0.2, 0.25) is 0 Å². The molecule has 0 saturated heterocycles. The van der Waals surface area contributed by atoms with Gasteiger partial charge in [0.2, 0.25) is 0 Å². The van der Waals surface area contributed by atoms with E-state index in [0.717, 1.165) is 44.2 Å². The van der Waals surface area contributed by atoms with Crippen LogP contribution < -0.4 is 9.80 Å². The highest BCUT2D eigenvalue weighted by Crippen LogP contribution is 2.44. The number of hydrogen-bond acceptors (Lipinski definition) is 3. The topological polar surface area (TPSA) is 19.6 Å². The normalized spacial score (nSPS) is 13.0. The molecule has 0 aliphatic carbocycles. The molecule has 3 nitrogen and oxygen atoms in total. The Labute approximate surface area is 379 Å². The number of anilines is 6. The largest absolute Gasteiger partial charge is 0.454 e. The molecule has 0 aliphatic heterocycles. The minimum Gasteiger partial charge on any atom is -0.454 e. The van der Waals surface area contributed by atoms with E-state index in [1.165, 1.54) is 0 Å². The Morgan fingerprint density at radius 3 is 1.19 bits per heavy atom. The lowest BCUT2D eigenvalue weighted by molar-refractivity contribution is 0.669. The molecule has 11 aromatic rings. The van der Waals surface area contributed by atoms with Gasteiger partial charge in [0.25, 0.3) is 0 Å². The second-order valence-corrected chi connectivity index (χ2v) is 15.1. The Bertz CT molecular complexity index is 3690. The molecule has 63 heavy (non-hydrogen) atoms. The summed E-state index contributed by atoms with van der Waals surface area (Å²) in [6.45, 7) is 0. The molecule has 3 heteroatoms. The Hall–Kier alpha value is -8.40. The number of benzene rings is 10. The lowest BCUT2D eigenvalue weighted by Gasteiger charge is -2.27. The zero-order valence-corrected chi connectivity index (χ0v) is 33.9. The second kappa shape index (κ2) is 16.6. The van der Waals surface area contributed by atoms with Crippen LogP contribution in [0.1, 0.15) is 11.0 Å². The first-order valence-electron chi connectivity index (χ1n) is 24.8. The third-order valence-corrected chi connectivity index (χ3v) is 11.2. The van der Waals surface area contributed by atoms with Gasteiger partial charge in [0.15, 0.2) is 5.58 Å². The number of para-hydroxylation sites is 2. The molecule has 0 N–H and O–H groups in total. The monoisotopic (exact) mass is 814 g/mol. The van der Waals surface area contributed by atoms with Gasteiger partial charge in [-0.25, -0.2) is 0 Å². The van der Waals surface area contributed by atoms with Crippen molar-refractivity contribution in [1.29, 1.82) is 0 Å². The van der Waals surface area contributed by atoms with E-state index >= 15 is 0 Å². The molecule has 11 rings (SSSR count). The zero-order valence-electron chi connectivity index (χ0n) is 41.9. The van der Waals surface area contributed by atoms with Crippen molar-refractivity contribution in [2.45, 2.75) is 0 Å². The molecule has 298 valence electrons. The van der Waals surface area contributed by atoms with Crippen LogP contribution in [0, 0.1) is 0 Å². The first-order chi connectivity index (χ1) is 34.6. The lowest BCUT2D eigenvalue weighted by Crippen LogP contribution is -2.10. The maximum Gasteiger partial charge on any atom is 0.159 e. The summed E-state index contributed by atoms with van der Waals surface area (Å²) in [6, 6.07) is 62.0. The van der Waals surface area contributed by atoms with E-state index in [0.29, 0.717) is 33.9 Å². The Morgan fingerprint density at radius 1 is 0.302 bits per heavy atom. The van der Waals surface area contributed by atoms with Gasteiger partial charge in [0.1, 0.15) is 5.58 Å². The van der Waals surface area contributed by atoms with Crippen molar-refractivity contribution in [3.8, 4) is 44.5 Å². The van der Waals surface area contributed by atoms with Gasteiger partial charge in [0, 0.05) is 39.2 Å². The van der Waals surface area contributed by atoms with Crippen LogP contribution in [-0.4, -0.2) is 0 Å². The molecule has 1 aromatic heterocycles. The van der Waals surface area contributed by atoms with Crippen LogP contribution >= 0.6 is 0 Å². The highest BCUT2D eigenvalue weighted by Gasteiger charge is 2.21. The molecule has 1 heterocycles. The van der Waals surface area contributed by atoms with Gasteiger partial charge >= 0.3 is 0 Å². The van der Waals surface area contributed by atoms with Crippen molar-refractivity contribution >= 4 is 56.1 Å². The number of hydrogen-bond donors (Lipinski definition) is 0. The molecule has 0 radical (unpaired) electrons. The van der Waals surface area contributed by atoms with E-state index in [1.54, 1.807) is 9.80 Å². The van der Waals surface area contributed by atoms with Gasteiger partial charge in [-0.2, -0.15) is 0 Å². The number of furan rings is 1. The van der Waals surface area contributed by atoms with Crippen molar-refractivity contribution < 1.29 is 15.4 Å². The first-order valence-corrected chi connectivity index (χ1v) is 20.8. The van der Waals surface area contributed by atoms with Crippen LogP contribution in [0.5, 0.6) is 0 Å². The number of fused-ring (bicyclic) bond motifs is 3. The van der Waals surface area contributed by atoms with E-state index in [1.807, 2.05) is 206 Å². The third kappa shape index (κ3) is 7.43. The smallest absolute Gasteiger partial charge is 0.159 e. The summed E-state index contributed by atoms with van der Waals surface area (Å²) in [4.78, 5) is 3.38. The van der Waals surface area contributed by atoms with Crippen LogP contribution in [0.4, 0.5) is 34.1 Å². The summed E-state index contributed by atoms with van der Waals surface area (Å²) in [5.41, 5.74) is 8.28. The second-order valence-electron chi connectivity index (χ2n) is 15.1. The van der Waals surface area contributed by atoms with Gasteiger partial charge in [-0.15, -0.1) is 0 Å². The van der Waals surface area contributed by atoms with Crippen LogP contribution in [-0.2, 0) is 0 Å². The minimum absolute atomic E-state index is 0.0526. The van der Waals surface area contributed by atoms with E-state index < -0.39 is 48.3 Å². The SMILES string of the molecule is [2H]c1c([2H])c(-c2c([2H])c([2H])c([2H])c(N(c3ccc(-c4ccccc4)cc3)c3cccc4c3oc3ccccc34)c2[2H])c([2H])c(N(c2ccc(-c3ccccc3)cc2)c2ccc(-c3ccccc3)cc2)c1[2H]. The van der Waals surface area contributed by atoms with Crippen molar-refractivity contribution in [2.75, 3.05) is 9.80 Å². The molecule has 0 amide bonds. The summed E-state index contributed by atoms with van der Waals surface area (Å²) in [5, 5.41) is 1.65. The van der Waals surface area contributed by atoms with Gasteiger partial charge in [-0.1, -0.05) is 182 Å². The highest BCUT2D eigenvalue weighted by molar-refractivity contribution is 6.10. The molecule has 0 aliphatic rings. The minimum atomic E-state index is -0.555. The van der Waals surface area contributed by atoms with Crippen LogP contribution in [0.15, 0.2) is 259 Å². The van der Waals surface area contributed by atoms with E-state index in [2.05, 4.69) is 0 Å². The Balaban J connectivity index is 1.14. The fraction of sp³-hybridized carbons (Fsp3) is 0. The van der Waals surface area contributed by atoms with E-state index in [-0.39, 0.29) is 22.5 Å². The van der Waals surface area contributed by atoms with Gasteiger partial charge < -0.3 is 14.2 Å². The fourth-order valence-corrected chi connectivity index (χ4v) is 8.15. The molecule has 0 spiro atoms.